The van der Waals surface area contributed by atoms with Gasteiger partial charge in [0, 0.05) is 26.6 Å². The number of anilines is 1. The summed E-state index contributed by atoms with van der Waals surface area (Å²) in [5.74, 6) is 1.06. The number of rotatable bonds is 4. The summed E-state index contributed by atoms with van der Waals surface area (Å²) in [6.07, 6.45) is 0. The Labute approximate surface area is 101 Å². The topological polar surface area (TPSA) is 33.5 Å². The fourth-order valence-electron chi connectivity index (χ4n) is 1.66. The van der Waals surface area contributed by atoms with Gasteiger partial charge < -0.3 is 9.32 Å². The van der Waals surface area contributed by atoms with Gasteiger partial charge in [0.25, 0.3) is 0 Å². The number of ketones is 1. The molecule has 3 heteroatoms. The van der Waals surface area contributed by atoms with Crippen LogP contribution < -0.4 is 4.90 Å². The van der Waals surface area contributed by atoms with Crippen LogP contribution >= 0.6 is 0 Å². The summed E-state index contributed by atoms with van der Waals surface area (Å²) in [6.45, 7) is 2.26. The first-order valence-corrected chi connectivity index (χ1v) is 5.52. The molecule has 1 aromatic heterocycles. The summed E-state index contributed by atoms with van der Waals surface area (Å²) < 4.78 is 5.46. The van der Waals surface area contributed by atoms with Gasteiger partial charge in [-0.15, -0.1) is 0 Å². The van der Waals surface area contributed by atoms with Crippen molar-refractivity contribution in [3.63, 3.8) is 0 Å². The normalized spacial score (nSPS) is 10.2. The highest BCUT2D eigenvalue weighted by Crippen LogP contribution is 2.19. The molecule has 0 fully saturated rings. The van der Waals surface area contributed by atoms with Crippen LogP contribution in [0.1, 0.15) is 23.0 Å². The van der Waals surface area contributed by atoms with Gasteiger partial charge in [0.1, 0.15) is 0 Å². The third-order valence-corrected chi connectivity index (χ3v) is 2.58. The van der Waals surface area contributed by atoms with Crippen LogP contribution in [-0.2, 0) is 6.54 Å². The highest BCUT2D eigenvalue weighted by atomic mass is 16.4. The first-order chi connectivity index (χ1) is 8.16. The SMILES string of the molecule is CC(=O)c1ccc(N(C)Cc2ccccc2)o1. The van der Waals surface area contributed by atoms with E-state index in [-0.39, 0.29) is 5.78 Å². The van der Waals surface area contributed by atoms with Crippen molar-refractivity contribution in [1.82, 2.24) is 0 Å². The van der Waals surface area contributed by atoms with Gasteiger partial charge in [-0.2, -0.15) is 0 Å². The minimum atomic E-state index is -0.0515. The Hall–Kier alpha value is -2.03. The molecule has 1 aromatic carbocycles. The van der Waals surface area contributed by atoms with E-state index in [1.807, 2.05) is 36.2 Å². The number of carbonyl (C=O) groups is 1. The van der Waals surface area contributed by atoms with Crippen molar-refractivity contribution < 1.29 is 9.21 Å². The molecule has 2 rings (SSSR count). The Morgan fingerprint density at radius 3 is 2.47 bits per heavy atom. The Morgan fingerprint density at radius 2 is 1.88 bits per heavy atom. The van der Waals surface area contributed by atoms with Gasteiger partial charge in [-0.1, -0.05) is 30.3 Å². The molecule has 0 saturated heterocycles. The predicted octanol–water partition coefficient (Wildman–Crippen LogP) is 3.12. The van der Waals surface area contributed by atoms with Crippen LogP contribution in [0.2, 0.25) is 0 Å². The van der Waals surface area contributed by atoms with E-state index in [1.165, 1.54) is 12.5 Å². The molecule has 3 nitrogen and oxygen atoms in total. The first kappa shape index (κ1) is 11.5. The van der Waals surface area contributed by atoms with Crippen LogP contribution in [0, 0.1) is 0 Å². The molecule has 1 heterocycles. The van der Waals surface area contributed by atoms with E-state index < -0.39 is 0 Å². The smallest absolute Gasteiger partial charge is 0.196 e. The Bertz CT molecular complexity index is 502. The van der Waals surface area contributed by atoms with Gasteiger partial charge in [0.05, 0.1) is 0 Å². The van der Waals surface area contributed by atoms with Crippen LogP contribution in [0.4, 0.5) is 5.88 Å². The average molecular weight is 229 g/mol. The maximum absolute atomic E-state index is 11.1. The van der Waals surface area contributed by atoms with Crippen LogP contribution in [0.25, 0.3) is 0 Å². The second-order valence-corrected chi connectivity index (χ2v) is 4.04. The number of hydrogen-bond donors (Lipinski definition) is 0. The van der Waals surface area contributed by atoms with Crippen molar-refractivity contribution >= 4 is 11.7 Å². The second-order valence-electron chi connectivity index (χ2n) is 4.04. The number of furan rings is 1. The summed E-state index contributed by atoms with van der Waals surface area (Å²) >= 11 is 0. The highest BCUT2D eigenvalue weighted by Gasteiger charge is 2.09. The summed E-state index contributed by atoms with van der Waals surface area (Å²) in [7, 11) is 1.94. The third kappa shape index (κ3) is 2.75. The molecular formula is C14H15NO2. The molecule has 2 aromatic rings. The molecule has 0 atom stereocenters. The predicted molar refractivity (Wildman–Crippen MR) is 67.3 cm³/mol. The molecular weight excluding hydrogens is 214 g/mol. The molecule has 0 bridgehead atoms. The van der Waals surface area contributed by atoms with Gasteiger partial charge in [0.2, 0.25) is 0 Å². The van der Waals surface area contributed by atoms with Crippen LogP contribution in [-0.4, -0.2) is 12.8 Å². The second kappa shape index (κ2) is 4.87. The molecule has 88 valence electrons. The number of nitrogens with zero attached hydrogens (tertiary/aromatic N) is 1. The van der Waals surface area contributed by atoms with Crippen molar-refractivity contribution in [3.05, 3.63) is 53.8 Å². The monoisotopic (exact) mass is 229 g/mol. The lowest BCUT2D eigenvalue weighted by Crippen LogP contribution is -2.15. The number of Topliss-reactive ketones (excluding diaryl/α,β-unsaturated/α-hetero) is 1. The van der Waals surface area contributed by atoms with Crippen LogP contribution in [0.15, 0.2) is 46.9 Å². The summed E-state index contributed by atoms with van der Waals surface area (Å²) in [5, 5.41) is 0. The zero-order valence-electron chi connectivity index (χ0n) is 10.0. The molecule has 0 N–H and O–H groups in total. The third-order valence-electron chi connectivity index (χ3n) is 2.58. The maximum Gasteiger partial charge on any atom is 0.196 e. The van der Waals surface area contributed by atoms with E-state index in [2.05, 4.69) is 12.1 Å². The molecule has 0 radical (unpaired) electrons. The summed E-state index contributed by atoms with van der Waals surface area (Å²) in [4.78, 5) is 13.1. The lowest BCUT2D eigenvalue weighted by atomic mass is 10.2. The van der Waals surface area contributed by atoms with Crippen LogP contribution in [0.5, 0.6) is 0 Å². The van der Waals surface area contributed by atoms with Gasteiger partial charge in [-0.3, -0.25) is 4.79 Å². The van der Waals surface area contributed by atoms with Gasteiger partial charge in [-0.05, 0) is 11.6 Å². The van der Waals surface area contributed by atoms with Crippen molar-refractivity contribution in [1.29, 1.82) is 0 Å². The number of carbonyl (C=O) groups excluding carboxylic acids is 1. The Balaban J connectivity index is 2.09. The van der Waals surface area contributed by atoms with Crippen molar-refractivity contribution in [3.8, 4) is 0 Å². The fraction of sp³-hybridized carbons (Fsp3) is 0.214. The average Bonchev–Trinajstić information content (AvgIpc) is 2.79. The molecule has 0 aliphatic carbocycles. The zero-order valence-corrected chi connectivity index (χ0v) is 10.0. The first-order valence-electron chi connectivity index (χ1n) is 5.52. The van der Waals surface area contributed by atoms with E-state index in [9.17, 15) is 4.79 Å². The minimum Gasteiger partial charge on any atom is -0.437 e. The van der Waals surface area contributed by atoms with Gasteiger partial charge in [-0.25, -0.2) is 0 Å². The molecule has 0 spiro atoms. The highest BCUT2D eigenvalue weighted by molar-refractivity contribution is 5.91. The molecule has 0 saturated carbocycles. The van der Waals surface area contributed by atoms with Crippen molar-refractivity contribution in [2.24, 2.45) is 0 Å². The van der Waals surface area contributed by atoms with Crippen LogP contribution in [0.3, 0.4) is 0 Å². The van der Waals surface area contributed by atoms with Crippen molar-refractivity contribution in [2.75, 3.05) is 11.9 Å². The molecule has 17 heavy (non-hydrogen) atoms. The lowest BCUT2D eigenvalue weighted by molar-refractivity contribution is 0.0988. The Kier molecular flexibility index (Phi) is 3.28. The van der Waals surface area contributed by atoms with E-state index in [1.54, 1.807) is 6.07 Å². The number of hydrogen-bond acceptors (Lipinski definition) is 3. The minimum absolute atomic E-state index is 0.0515. The molecule has 0 aliphatic rings. The van der Waals surface area contributed by atoms with E-state index in [0.29, 0.717) is 11.6 Å². The standard InChI is InChI=1S/C14H15NO2/c1-11(16)13-8-9-14(17-13)15(2)10-12-6-4-3-5-7-12/h3-9H,10H2,1-2H3. The molecule has 0 amide bonds. The molecule has 0 aliphatic heterocycles. The largest absolute Gasteiger partial charge is 0.437 e. The van der Waals surface area contributed by atoms with E-state index >= 15 is 0 Å². The summed E-state index contributed by atoms with van der Waals surface area (Å²) in [6, 6.07) is 13.7. The molecule has 0 unspecified atom stereocenters. The zero-order chi connectivity index (χ0) is 12.3. The quantitative estimate of drug-likeness (QED) is 0.755. The number of benzene rings is 1. The van der Waals surface area contributed by atoms with Gasteiger partial charge in [0.15, 0.2) is 17.4 Å². The van der Waals surface area contributed by atoms with Gasteiger partial charge >= 0.3 is 0 Å². The van der Waals surface area contributed by atoms with E-state index in [4.69, 9.17) is 4.42 Å². The fourth-order valence-corrected chi connectivity index (χ4v) is 1.66. The summed E-state index contributed by atoms with van der Waals surface area (Å²) in [5.41, 5.74) is 1.20. The van der Waals surface area contributed by atoms with E-state index in [0.717, 1.165) is 6.54 Å². The van der Waals surface area contributed by atoms with Crippen molar-refractivity contribution in [2.45, 2.75) is 13.5 Å². The lowest BCUT2D eigenvalue weighted by Gasteiger charge is -2.15. The Morgan fingerprint density at radius 1 is 1.18 bits per heavy atom. The maximum atomic E-state index is 11.1.